The fourth-order valence-electron chi connectivity index (χ4n) is 1.76. The number of hydrogen-bond acceptors (Lipinski definition) is 4. The molecule has 0 saturated carbocycles. The van der Waals surface area contributed by atoms with Gasteiger partial charge in [0.05, 0.1) is 0 Å². The lowest BCUT2D eigenvalue weighted by Gasteiger charge is -2.24. The van der Waals surface area contributed by atoms with E-state index >= 15 is 0 Å². The lowest BCUT2D eigenvalue weighted by atomic mass is 10.0. The summed E-state index contributed by atoms with van der Waals surface area (Å²) in [5, 5.41) is 23.3. The van der Waals surface area contributed by atoms with Crippen molar-refractivity contribution in [3.05, 3.63) is 41.1 Å². The third kappa shape index (κ3) is 2.63. The molecular weight excluding hydrogens is 272 g/mol. The molecule has 1 aliphatic heterocycles. The molecule has 0 aromatic heterocycles. The zero-order chi connectivity index (χ0) is 14.0. The number of carbonyl (C=O) groups is 2. The van der Waals surface area contributed by atoms with Crippen molar-refractivity contribution >= 4 is 29.2 Å². The topological polar surface area (TPSA) is 98.7 Å². The Morgan fingerprint density at radius 2 is 2.05 bits per heavy atom. The molecule has 6 nitrogen and oxygen atoms in total. The summed E-state index contributed by atoms with van der Waals surface area (Å²) >= 11 is 6.06. The average Bonchev–Trinajstić information content (AvgIpc) is 2.40. The van der Waals surface area contributed by atoms with Crippen LogP contribution in [0.3, 0.4) is 0 Å². The van der Waals surface area contributed by atoms with Crippen molar-refractivity contribution in [2.45, 2.75) is 5.50 Å². The number of carboxylic acids is 1. The molecule has 0 bridgehead atoms. The molecule has 1 aliphatic rings. The molecular formula is C12H11ClN2O4. The molecule has 2 rings (SSSR count). The number of carboxylic acid groups (broad SMARTS) is 1. The minimum absolute atomic E-state index is 0.139. The lowest BCUT2D eigenvalue weighted by molar-refractivity contribution is -0.137. The van der Waals surface area contributed by atoms with Gasteiger partial charge in [0, 0.05) is 11.1 Å². The Bertz CT molecular complexity index is 571. The van der Waals surface area contributed by atoms with Gasteiger partial charge in [0.1, 0.15) is 17.7 Å². The zero-order valence-corrected chi connectivity index (χ0v) is 10.4. The number of aliphatic hydroxyl groups excluding tert-OH is 1. The summed E-state index contributed by atoms with van der Waals surface area (Å²) in [6, 6.07) is 6.82. The van der Waals surface area contributed by atoms with Crippen molar-refractivity contribution in [1.29, 1.82) is 0 Å². The van der Waals surface area contributed by atoms with E-state index in [2.05, 4.69) is 10.6 Å². The maximum absolute atomic E-state index is 11.8. The van der Waals surface area contributed by atoms with Crippen LogP contribution in [0.5, 0.6) is 0 Å². The van der Waals surface area contributed by atoms with Gasteiger partial charge in [-0.2, -0.15) is 0 Å². The van der Waals surface area contributed by atoms with E-state index in [-0.39, 0.29) is 11.5 Å². The van der Waals surface area contributed by atoms with Crippen LogP contribution in [-0.4, -0.2) is 28.6 Å². The zero-order valence-electron chi connectivity index (χ0n) is 9.68. The van der Waals surface area contributed by atoms with Crippen LogP contribution in [0.1, 0.15) is 16.6 Å². The van der Waals surface area contributed by atoms with Crippen molar-refractivity contribution in [3.8, 4) is 0 Å². The first-order valence-corrected chi connectivity index (χ1v) is 5.87. The molecule has 0 saturated heterocycles. The SMILES string of the molecule is O=C(O)CNC(=O)C1=C(O)c2ccccc2C(Cl)N1. The summed E-state index contributed by atoms with van der Waals surface area (Å²) in [6.45, 7) is -0.536. The van der Waals surface area contributed by atoms with Crippen LogP contribution < -0.4 is 10.6 Å². The number of carbonyl (C=O) groups excluding carboxylic acids is 1. The number of benzene rings is 1. The highest BCUT2D eigenvalue weighted by Crippen LogP contribution is 2.32. The van der Waals surface area contributed by atoms with Gasteiger partial charge in [-0.05, 0) is 0 Å². The van der Waals surface area contributed by atoms with Gasteiger partial charge in [0.25, 0.3) is 5.91 Å². The largest absolute Gasteiger partial charge is 0.505 e. The van der Waals surface area contributed by atoms with Crippen molar-refractivity contribution in [1.82, 2.24) is 10.6 Å². The molecule has 0 aliphatic carbocycles. The number of aliphatic hydroxyl groups is 1. The minimum atomic E-state index is -1.17. The van der Waals surface area contributed by atoms with Gasteiger partial charge < -0.3 is 20.8 Å². The maximum atomic E-state index is 11.8. The Hall–Kier alpha value is -2.21. The number of amides is 1. The smallest absolute Gasteiger partial charge is 0.322 e. The molecule has 7 heteroatoms. The monoisotopic (exact) mass is 282 g/mol. The third-order valence-electron chi connectivity index (χ3n) is 2.62. The molecule has 100 valence electrons. The van der Waals surface area contributed by atoms with Gasteiger partial charge in [0.15, 0.2) is 5.76 Å². The Morgan fingerprint density at radius 1 is 1.37 bits per heavy atom. The highest BCUT2D eigenvalue weighted by atomic mass is 35.5. The predicted octanol–water partition coefficient (Wildman–Crippen LogP) is 0.955. The Balaban J connectivity index is 2.31. The van der Waals surface area contributed by atoms with Gasteiger partial charge in [-0.25, -0.2) is 0 Å². The maximum Gasteiger partial charge on any atom is 0.322 e. The molecule has 0 radical (unpaired) electrons. The summed E-state index contributed by atoms with van der Waals surface area (Å²) in [5.74, 6) is -2.15. The van der Waals surface area contributed by atoms with Crippen LogP contribution in [0, 0.1) is 0 Å². The molecule has 1 heterocycles. The second-order valence-corrected chi connectivity index (χ2v) is 4.33. The second-order valence-electron chi connectivity index (χ2n) is 3.89. The molecule has 4 N–H and O–H groups in total. The van der Waals surface area contributed by atoms with E-state index in [1.807, 2.05) is 0 Å². The molecule has 1 aromatic rings. The fraction of sp³-hybridized carbons (Fsp3) is 0.167. The van der Waals surface area contributed by atoms with Crippen molar-refractivity contribution in [2.75, 3.05) is 6.54 Å². The Kier molecular flexibility index (Phi) is 3.62. The molecule has 1 aromatic carbocycles. The van der Waals surface area contributed by atoms with E-state index in [0.717, 1.165) is 0 Å². The second kappa shape index (κ2) is 5.19. The standard InChI is InChI=1S/C12H11ClN2O4/c13-11-7-4-2-1-3-6(7)10(18)9(15-11)12(19)14-5-8(16)17/h1-4,11,15,18H,5H2,(H,14,19)(H,16,17). The van der Waals surface area contributed by atoms with Gasteiger partial charge in [-0.3, -0.25) is 9.59 Å². The van der Waals surface area contributed by atoms with Crippen LogP contribution in [0.4, 0.5) is 0 Å². The lowest BCUT2D eigenvalue weighted by Crippen LogP contribution is -2.38. The molecule has 1 amide bonds. The summed E-state index contributed by atoms with van der Waals surface area (Å²) in [7, 11) is 0. The number of hydrogen-bond donors (Lipinski definition) is 4. The number of aliphatic carboxylic acids is 1. The van der Waals surface area contributed by atoms with E-state index in [1.165, 1.54) is 0 Å². The van der Waals surface area contributed by atoms with Gasteiger partial charge in [-0.1, -0.05) is 35.9 Å². The van der Waals surface area contributed by atoms with Gasteiger partial charge in [-0.15, -0.1) is 0 Å². The third-order valence-corrected chi connectivity index (χ3v) is 2.97. The van der Waals surface area contributed by atoms with Crippen LogP contribution >= 0.6 is 11.6 Å². The Morgan fingerprint density at radius 3 is 2.74 bits per heavy atom. The summed E-state index contributed by atoms with van der Waals surface area (Å²) in [4.78, 5) is 22.1. The summed E-state index contributed by atoms with van der Waals surface area (Å²) < 4.78 is 0. The van der Waals surface area contributed by atoms with Crippen LogP contribution in [-0.2, 0) is 9.59 Å². The fourth-order valence-corrected chi connectivity index (χ4v) is 2.06. The number of halogens is 1. The van der Waals surface area contributed by atoms with E-state index in [9.17, 15) is 14.7 Å². The average molecular weight is 283 g/mol. The van der Waals surface area contributed by atoms with E-state index in [1.54, 1.807) is 24.3 Å². The van der Waals surface area contributed by atoms with E-state index in [4.69, 9.17) is 16.7 Å². The number of fused-ring (bicyclic) bond motifs is 1. The van der Waals surface area contributed by atoms with Crippen LogP contribution in [0.15, 0.2) is 30.0 Å². The number of nitrogens with one attached hydrogen (secondary N) is 2. The first kappa shape index (κ1) is 13.2. The Labute approximate surface area is 113 Å². The van der Waals surface area contributed by atoms with E-state index in [0.29, 0.717) is 11.1 Å². The first-order valence-electron chi connectivity index (χ1n) is 5.44. The quantitative estimate of drug-likeness (QED) is 0.489. The first-order chi connectivity index (χ1) is 9.00. The molecule has 0 spiro atoms. The van der Waals surface area contributed by atoms with Crippen molar-refractivity contribution < 1.29 is 19.8 Å². The molecule has 1 unspecified atom stereocenters. The number of rotatable bonds is 3. The van der Waals surface area contributed by atoms with Crippen molar-refractivity contribution in [3.63, 3.8) is 0 Å². The highest BCUT2D eigenvalue weighted by molar-refractivity contribution is 6.22. The highest BCUT2D eigenvalue weighted by Gasteiger charge is 2.28. The van der Waals surface area contributed by atoms with Gasteiger partial charge >= 0.3 is 5.97 Å². The summed E-state index contributed by atoms with van der Waals surface area (Å²) in [6.07, 6.45) is 0. The predicted molar refractivity (Wildman–Crippen MR) is 68.4 cm³/mol. The van der Waals surface area contributed by atoms with E-state index < -0.39 is 23.9 Å². The minimum Gasteiger partial charge on any atom is -0.505 e. The van der Waals surface area contributed by atoms with Crippen LogP contribution in [0.2, 0.25) is 0 Å². The van der Waals surface area contributed by atoms with Crippen LogP contribution in [0.25, 0.3) is 5.76 Å². The number of alkyl halides is 1. The molecule has 19 heavy (non-hydrogen) atoms. The summed E-state index contributed by atoms with van der Waals surface area (Å²) in [5.41, 5.74) is 0.288. The molecule has 0 fully saturated rings. The van der Waals surface area contributed by atoms with Crippen molar-refractivity contribution in [2.24, 2.45) is 0 Å². The normalized spacial score (nSPS) is 17.4. The molecule has 1 atom stereocenters. The van der Waals surface area contributed by atoms with Gasteiger partial charge in [0.2, 0.25) is 0 Å².